The molecule has 0 aliphatic carbocycles. The number of nitrogens with zero attached hydrogens (tertiary/aromatic N) is 1. The first-order valence-electron chi connectivity index (χ1n) is 8.85. The Kier molecular flexibility index (Phi) is 8.84. The first-order chi connectivity index (χ1) is 11.6. The lowest BCUT2D eigenvalue weighted by Crippen LogP contribution is -2.31. The minimum absolute atomic E-state index is 0.0417. The number of allylic oxidation sites excluding steroid dienone is 1. The largest absolute Gasteiger partial charge is 0.462 e. The van der Waals surface area contributed by atoms with Crippen molar-refractivity contribution >= 4 is 17.4 Å². The number of carbonyl (C=O) groups excluding carboxylic acids is 2. The number of unbranched alkanes of at least 4 members (excludes halogenated alkanes) is 2. The predicted molar refractivity (Wildman–Crippen MR) is 97.8 cm³/mol. The summed E-state index contributed by atoms with van der Waals surface area (Å²) in [6.07, 6.45) is 5.03. The molecule has 4 heteroatoms. The molecule has 0 atom stereocenters. The Hall–Kier alpha value is -2.10. The Morgan fingerprint density at radius 2 is 1.58 bits per heavy atom. The van der Waals surface area contributed by atoms with Gasteiger partial charge in [0.15, 0.2) is 0 Å². The van der Waals surface area contributed by atoms with Crippen LogP contribution >= 0.6 is 0 Å². The highest BCUT2D eigenvalue weighted by Gasteiger charge is 2.17. The van der Waals surface area contributed by atoms with Gasteiger partial charge in [-0.3, -0.25) is 4.79 Å². The summed E-state index contributed by atoms with van der Waals surface area (Å²) in [5.41, 5.74) is 2.06. The highest BCUT2D eigenvalue weighted by atomic mass is 16.5. The molecule has 1 aromatic carbocycles. The number of hydrogen-bond donors (Lipinski definition) is 0. The van der Waals surface area contributed by atoms with Crippen LogP contribution in [-0.2, 0) is 9.53 Å². The molecule has 0 unspecified atom stereocenters. The van der Waals surface area contributed by atoms with Gasteiger partial charge in [-0.05, 0) is 44.9 Å². The fourth-order valence-corrected chi connectivity index (χ4v) is 2.46. The molecule has 0 bridgehead atoms. The van der Waals surface area contributed by atoms with Crippen molar-refractivity contribution < 1.29 is 14.3 Å². The average molecular weight is 331 g/mol. The first kappa shape index (κ1) is 19.9. The van der Waals surface area contributed by atoms with Crippen molar-refractivity contribution in [3.63, 3.8) is 0 Å². The van der Waals surface area contributed by atoms with Crippen LogP contribution in [0.4, 0.5) is 0 Å². The third-order valence-corrected chi connectivity index (χ3v) is 3.89. The molecule has 0 fully saturated rings. The van der Waals surface area contributed by atoms with E-state index < -0.39 is 0 Å². The van der Waals surface area contributed by atoms with Crippen molar-refractivity contribution in [1.29, 1.82) is 0 Å². The van der Waals surface area contributed by atoms with E-state index in [1.165, 1.54) is 0 Å². The lowest BCUT2D eigenvalue weighted by molar-refractivity contribution is -0.124. The number of rotatable bonds is 9. The number of amides is 1. The number of likely N-dealkylation sites (N-methyl/N-ethyl adjacent to an activating group) is 1. The summed E-state index contributed by atoms with van der Waals surface area (Å²) in [6, 6.07) is 7.09. The van der Waals surface area contributed by atoms with E-state index in [-0.39, 0.29) is 11.9 Å². The van der Waals surface area contributed by atoms with Crippen LogP contribution in [0.2, 0.25) is 0 Å². The quantitative estimate of drug-likeness (QED) is 0.385. The fraction of sp³-hybridized carbons (Fsp3) is 0.500. The van der Waals surface area contributed by atoms with Gasteiger partial charge in [0.25, 0.3) is 5.91 Å². The number of ether oxygens (including phenoxy) is 1. The summed E-state index contributed by atoms with van der Waals surface area (Å²) in [4.78, 5) is 26.4. The molecule has 0 spiro atoms. The van der Waals surface area contributed by atoms with E-state index in [9.17, 15) is 9.59 Å². The van der Waals surface area contributed by atoms with Gasteiger partial charge in [-0.25, -0.2) is 4.79 Å². The van der Waals surface area contributed by atoms with Crippen LogP contribution in [-0.4, -0.2) is 36.5 Å². The summed E-state index contributed by atoms with van der Waals surface area (Å²) < 4.78 is 5.00. The Balaban J connectivity index is 3.08. The van der Waals surface area contributed by atoms with E-state index in [2.05, 4.69) is 6.92 Å². The minimum Gasteiger partial charge on any atom is -0.462 e. The number of hydrogen-bond acceptors (Lipinski definition) is 3. The lowest BCUT2D eigenvalue weighted by atomic mass is 10.0. The molecule has 1 amide bonds. The second-order valence-electron chi connectivity index (χ2n) is 5.54. The second kappa shape index (κ2) is 10.6. The zero-order valence-corrected chi connectivity index (χ0v) is 15.3. The smallest absolute Gasteiger partial charge is 0.338 e. The highest BCUT2D eigenvalue weighted by molar-refractivity contribution is 6.19. The van der Waals surface area contributed by atoms with Crippen LogP contribution in [0.1, 0.15) is 62.9 Å². The maximum absolute atomic E-state index is 12.8. The van der Waals surface area contributed by atoms with Crippen molar-refractivity contribution in [2.75, 3.05) is 19.7 Å². The van der Waals surface area contributed by atoms with E-state index in [0.717, 1.165) is 24.8 Å². The van der Waals surface area contributed by atoms with E-state index in [1.807, 2.05) is 37.0 Å². The SMILES string of the molecule is CCCC/C=C(\C(=O)N(CC)CC)c1ccc(C(=O)OCC)cc1. The van der Waals surface area contributed by atoms with E-state index in [0.29, 0.717) is 30.8 Å². The van der Waals surface area contributed by atoms with Crippen molar-refractivity contribution in [1.82, 2.24) is 4.90 Å². The van der Waals surface area contributed by atoms with Gasteiger partial charge < -0.3 is 9.64 Å². The third kappa shape index (κ3) is 5.52. The predicted octanol–water partition coefficient (Wildman–Crippen LogP) is 4.31. The van der Waals surface area contributed by atoms with Crippen molar-refractivity contribution in [2.45, 2.75) is 47.0 Å². The van der Waals surface area contributed by atoms with Crippen molar-refractivity contribution in [2.24, 2.45) is 0 Å². The van der Waals surface area contributed by atoms with Gasteiger partial charge >= 0.3 is 5.97 Å². The molecule has 0 saturated heterocycles. The Labute approximate surface area is 145 Å². The lowest BCUT2D eigenvalue weighted by Gasteiger charge is -2.21. The van der Waals surface area contributed by atoms with E-state index in [1.54, 1.807) is 19.1 Å². The molecule has 0 radical (unpaired) electrons. The monoisotopic (exact) mass is 331 g/mol. The van der Waals surface area contributed by atoms with Crippen LogP contribution in [0.5, 0.6) is 0 Å². The zero-order valence-electron chi connectivity index (χ0n) is 15.3. The van der Waals surface area contributed by atoms with E-state index in [4.69, 9.17) is 4.74 Å². The standard InChI is InChI=1S/C20H29NO3/c1-5-9-10-11-18(19(22)21(6-2)7-3)16-12-14-17(15-13-16)20(23)24-8-4/h11-15H,5-10H2,1-4H3/b18-11-. The van der Waals surface area contributed by atoms with Crippen LogP contribution in [0.25, 0.3) is 5.57 Å². The van der Waals surface area contributed by atoms with Crippen molar-refractivity contribution in [3.05, 3.63) is 41.5 Å². The maximum Gasteiger partial charge on any atom is 0.338 e. The summed E-state index contributed by atoms with van der Waals surface area (Å²) in [7, 11) is 0. The Morgan fingerprint density at radius 3 is 2.08 bits per heavy atom. The summed E-state index contributed by atoms with van der Waals surface area (Å²) >= 11 is 0. The molecule has 132 valence electrons. The zero-order chi connectivity index (χ0) is 17.9. The molecular formula is C20H29NO3. The molecule has 0 N–H and O–H groups in total. The maximum atomic E-state index is 12.8. The van der Waals surface area contributed by atoms with Gasteiger partial charge in [-0.15, -0.1) is 0 Å². The molecule has 24 heavy (non-hydrogen) atoms. The summed E-state index contributed by atoms with van der Waals surface area (Å²) in [5, 5.41) is 0. The van der Waals surface area contributed by atoms with Gasteiger partial charge in [-0.2, -0.15) is 0 Å². The van der Waals surface area contributed by atoms with Gasteiger partial charge in [0.2, 0.25) is 0 Å². The molecule has 0 heterocycles. The molecule has 1 rings (SSSR count). The van der Waals surface area contributed by atoms with Gasteiger partial charge in [0.1, 0.15) is 0 Å². The molecule has 1 aromatic rings. The summed E-state index contributed by atoms with van der Waals surface area (Å²) in [5.74, 6) is -0.296. The topological polar surface area (TPSA) is 46.6 Å². The van der Waals surface area contributed by atoms with Crippen LogP contribution in [0.15, 0.2) is 30.3 Å². The molecular weight excluding hydrogens is 302 g/mol. The average Bonchev–Trinajstić information content (AvgIpc) is 2.60. The molecule has 0 aliphatic heterocycles. The van der Waals surface area contributed by atoms with Gasteiger partial charge in [0.05, 0.1) is 12.2 Å². The van der Waals surface area contributed by atoms with Crippen LogP contribution in [0, 0.1) is 0 Å². The van der Waals surface area contributed by atoms with Gasteiger partial charge in [0, 0.05) is 18.7 Å². The molecule has 0 saturated carbocycles. The molecule has 4 nitrogen and oxygen atoms in total. The first-order valence-corrected chi connectivity index (χ1v) is 8.85. The Bertz CT molecular complexity index is 557. The molecule has 0 aliphatic rings. The van der Waals surface area contributed by atoms with Crippen molar-refractivity contribution in [3.8, 4) is 0 Å². The number of esters is 1. The third-order valence-electron chi connectivity index (χ3n) is 3.89. The van der Waals surface area contributed by atoms with Crippen LogP contribution < -0.4 is 0 Å². The van der Waals surface area contributed by atoms with E-state index >= 15 is 0 Å². The minimum atomic E-state index is -0.337. The highest BCUT2D eigenvalue weighted by Crippen LogP contribution is 2.20. The second-order valence-corrected chi connectivity index (χ2v) is 5.54. The Morgan fingerprint density at radius 1 is 1.00 bits per heavy atom. The normalized spacial score (nSPS) is 11.2. The fourth-order valence-electron chi connectivity index (χ4n) is 2.46. The van der Waals surface area contributed by atoms with Gasteiger partial charge in [-0.1, -0.05) is 38.0 Å². The molecule has 0 aromatic heterocycles. The summed E-state index contributed by atoms with van der Waals surface area (Å²) in [6.45, 7) is 9.59. The number of carbonyl (C=O) groups is 2. The number of benzene rings is 1. The van der Waals surface area contributed by atoms with Crippen LogP contribution in [0.3, 0.4) is 0 Å².